The molecular weight excluding hydrogens is 351 g/mol. The van der Waals surface area contributed by atoms with E-state index in [-0.39, 0.29) is 11.9 Å². The van der Waals surface area contributed by atoms with Crippen LogP contribution in [0.25, 0.3) is 0 Å². The van der Waals surface area contributed by atoms with E-state index in [1.165, 1.54) is 7.11 Å². The Labute approximate surface area is 135 Å². The van der Waals surface area contributed by atoms with Crippen molar-refractivity contribution in [3.8, 4) is 0 Å². The molecule has 0 aliphatic carbocycles. The van der Waals surface area contributed by atoms with Gasteiger partial charge in [-0.1, -0.05) is 0 Å². The van der Waals surface area contributed by atoms with Crippen molar-refractivity contribution in [3.63, 3.8) is 0 Å². The van der Waals surface area contributed by atoms with Crippen LogP contribution in [0.1, 0.15) is 25.7 Å². The van der Waals surface area contributed by atoms with Crippen molar-refractivity contribution >= 4 is 37.7 Å². The average molecular weight is 370 g/mol. The number of methoxy groups -OCH3 is 1. The third-order valence-electron chi connectivity index (χ3n) is 3.07. The Bertz CT molecular complexity index is 479. The summed E-state index contributed by atoms with van der Waals surface area (Å²) in [6.45, 7) is 0. The van der Waals surface area contributed by atoms with E-state index < -0.39 is 15.8 Å². The number of hydrogen-bond acceptors (Lipinski definition) is 6. The van der Waals surface area contributed by atoms with Gasteiger partial charge in [0.25, 0.3) is 0 Å². The summed E-state index contributed by atoms with van der Waals surface area (Å²) in [5, 5.41) is 11.7. The summed E-state index contributed by atoms with van der Waals surface area (Å²) in [6, 6.07) is 7.28. The number of carbonyl (C=O) groups is 2. The van der Waals surface area contributed by atoms with E-state index in [0.29, 0.717) is 25.7 Å². The number of nitrogens with zero attached hydrogens (tertiary/aromatic N) is 1. The molecule has 1 amide bonds. The average Bonchev–Trinajstić information content (AvgIpc) is 2.56. The minimum atomic E-state index is -0.995. The molecule has 7 nitrogen and oxygen atoms in total. The zero-order valence-corrected chi connectivity index (χ0v) is 14.7. The van der Waals surface area contributed by atoms with E-state index in [9.17, 15) is 9.59 Å². The molecule has 1 aromatic rings. The van der Waals surface area contributed by atoms with Crippen molar-refractivity contribution in [1.82, 2.24) is 0 Å². The molecule has 0 atom stereocenters. The summed E-state index contributed by atoms with van der Waals surface area (Å²) in [5.74, 6) is -0.266. The number of rotatable bonds is 9. The van der Waals surface area contributed by atoms with Crippen LogP contribution in [0.4, 0.5) is 5.69 Å². The zero-order valence-electron chi connectivity index (χ0n) is 12.6. The number of anilines is 1. The van der Waals surface area contributed by atoms with Gasteiger partial charge in [-0.3, -0.25) is 0 Å². The molecule has 8 heteroatoms. The monoisotopic (exact) mass is 371 g/mol. The third kappa shape index (κ3) is 6.56. The van der Waals surface area contributed by atoms with E-state index in [2.05, 4.69) is 13.7 Å². The molecule has 0 saturated carbocycles. The summed E-state index contributed by atoms with van der Waals surface area (Å²) >= 11 is -0.995. The van der Waals surface area contributed by atoms with Crippen molar-refractivity contribution in [3.05, 3.63) is 24.3 Å². The molecule has 120 valence electrons. The fourth-order valence-corrected chi connectivity index (χ4v) is 2.69. The van der Waals surface area contributed by atoms with E-state index >= 15 is 0 Å². The van der Waals surface area contributed by atoms with Gasteiger partial charge in [-0.05, 0) is 0 Å². The van der Waals surface area contributed by atoms with Gasteiger partial charge in [0.2, 0.25) is 0 Å². The Kier molecular flexibility index (Phi) is 8.75. The number of unbranched alkanes of at least 4 members (excludes halogenated alkanes) is 1. The van der Waals surface area contributed by atoms with Gasteiger partial charge in [0.05, 0.1) is 7.11 Å². The fraction of sp³-hybridized carbons (Fsp3) is 0.429. The molecular formula is C14H19GeNO6. The first kappa shape index (κ1) is 18.6. The maximum absolute atomic E-state index is 12.1. The number of esters is 1. The van der Waals surface area contributed by atoms with E-state index in [1.54, 1.807) is 11.9 Å². The Hall–Kier alpha value is -1.42. The molecule has 0 aromatic heterocycles. The van der Waals surface area contributed by atoms with Crippen LogP contribution in [-0.2, 0) is 23.3 Å². The number of amides is 1. The van der Waals surface area contributed by atoms with Gasteiger partial charge in [0.15, 0.2) is 0 Å². The first-order valence-electron chi connectivity index (χ1n) is 6.75. The number of hydrogen-bond donors (Lipinski definition) is 1. The predicted molar refractivity (Wildman–Crippen MR) is 80.5 cm³/mol. The van der Waals surface area contributed by atoms with Crippen LogP contribution in [0.15, 0.2) is 24.3 Å². The predicted octanol–water partition coefficient (Wildman–Crippen LogP) is 1.05. The van der Waals surface area contributed by atoms with Crippen LogP contribution in [0.5, 0.6) is 0 Å². The Morgan fingerprint density at radius 2 is 1.82 bits per heavy atom. The van der Waals surface area contributed by atoms with Crippen molar-refractivity contribution < 1.29 is 28.5 Å². The SMILES string of the molecule is COC(=O)CCCCC(=O)N(C)c1cc[c]([Ge][O]OO)cc1. The molecule has 0 aliphatic heterocycles. The van der Waals surface area contributed by atoms with Crippen LogP contribution in [-0.4, -0.2) is 47.1 Å². The summed E-state index contributed by atoms with van der Waals surface area (Å²) in [7, 11) is 3.06. The molecule has 0 heterocycles. The summed E-state index contributed by atoms with van der Waals surface area (Å²) in [6.07, 6.45) is 1.99. The summed E-state index contributed by atoms with van der Waals surface area (Å²) < 4.78 is 10.00. The molecule has 0 aliphatic rings. The minimum absolute atomic E-state index is 0.0106. The Morgan fingerprint density at radius 1 is 1.18 bits per heavy atom. The first-order valence-corrected chi connectivity index (χ1v) is 8.65. The van der Waals surface area contributed by atoms with Gasteiger partial charge in [-0.25, -0.2) is 0 Å². The molecule has 0 spiro atoms. The van der Waals surface area contributed by atoms with Gasteiger partial charge in [-0.15, -0.1) is 0 Å². The van der Waals surface area contributed by atoms with Gasteiger partial charge in [-0.2, -0.15) is 0 Å². The van der Waals surface area contributed by atoms with E-state index in [0.717, 1.165) is 10.1 Å². The van der Waals surface area contributed by atoms with Crippen molar-refractivity contribution in [2.24, 2.45) is 0 Å². The van der Waals surface area contributed by atoms with Crippen molar-refractivity contribution in [2.75, 3.05) is 19.1 Å². The number of ether oxygens (including phenoxy) is 1. The molecule has 1 rings (SSSR count). The van der Waals surface area contributed by atoms with Gasteiger partial charge in [0, 0.05) is 0 Å². The van der Waals surface area contributed by atoms with Crippen molar-refractivity contribution in [2.45, 2.75) is 25.7 Å². The molecule has 0 unspecified atom stereocenters. The molecule has 1 N–H and O–H groups in total. The molecule has 0 fully saturated rings. The normalized spacial score (nSPS) is 10.3. The van der Waals surface area contributed by atoms with Crippen LogP contribution in [0.2, 0.25) is 0 Å². The van der Waals surface area contributed by atoms with E-state index in [4.69, 9.17) is 5.26 Å². The van der Waals surface area contributed by atoms with Gasteiger partial charge < -0.3 is 0 Å². The first-order chi connectivity index (χ1) is 10.6. The second-order valence-electron chi connectivity index (χ2n) is 4.54. The Balaban J connectivity index is 2.40. The molecule has 0 bridgehead atoms. The number of benzene rings is 1. The summed E-state index contributed by atoms with van der Waals surface area (Å²) in [4.78, 5) is 24.6. The molecule has 1 aromatic carbocycles. The standard InChI is InChI=1S/C14H19GeNO6/c1-16(13(17)5-3-4-6-14(18)20-2)12-9-7-11(8-10-12)15-21-22-19/h7-10,19H,3-6H2,1-2H3. The fourth-order valence-electron chi connectivity index (χ4n) is 1.78. The molecule has 2 radical (unpaired) electrons. The zero-order chi connectivity index (χ0) is 16.4. The third-order valence-corrected chi connectivity index (χ3v) is 4.60. The van der Waals surface area contributed by atoms with Crippen LogP contribution < -0.4 is 9.30 Å². The topological polar surface area (TPSA) is 85.3 Å². The quantitative estimate of drug-likeness (QED) is 0.230. The van der Waals surface area contributed by atoms with Gasteiger partial charge >= 0.3 is 128 Å². The van der Waals surface area contributed by atoms with Crippen LogP contribution >= 0.6 is 0 Å². The maximum atomic E-state index is 12.1. The second kappa shape index (κ2) is 10.3. The molecule has 0 saturated heterocycles. The van der Waals surface area contributed by atoms with E-state index in [1.807, 2.05) is 24.3 Å². The van der Waals surface area contributed by atoms with Crippen LogP contribution in [0.3, 0.4) is 0 Å². The molecule has 22 heavy (non-hydrogen) atoms. The van der Waals surface area contributed by atoms with Crippen LogP contribution in [0, 0.1) is 0 Å². The van der Waals surface area contributed by atoms with Crippen molar-refractivity contribution in [1.29, 1.82) is 0 Å². The summed E-state index contributed by atoms with van der Waals surface area (Å²) in [5.41, 5.74) is 0.776. The van der Waals surface area contributed by atoms with Gasteiger partial charge in [0.1, 0.15) is 0 Å². The second-order valence-corrected chi connectivity index (χ2v) is 6.53. The Morgan fingerprint density at radius 3 is 2.41 bits per heavy atom. The number of carbonyl (C=O) groups excluding carboxylic acids is 2.